The number of benzene rings is 2. The van der Waals surface area contributed by atoms with Crippen molar-refractivity contribution in [3.05, 3.63) is 70.6 Å². The highest BCUT2D eigenvalue weighted by Gasteiger charge is 2.19. The molecule has 0 saturated heterocycles. The molecule has 0 unspecified atom stereocenters. The summed E-state index contributed by atoms with van der Waals surface area (Å²) in [6.07, 6.45) is 0. The fourth-order valence-electron chi connectivity index (χ4n) is 2.71. The molecule has 0 bridgehead atoms. The van der Waals surface area contributed by atoms with Crippen LogP contribution in [0.4, 0.5) is 5.69 Å². The van der Waals surface area contributed by atoms with E-state index in [0.29, 0.717) is 16.1 Å². The third-order valence-electron chi connectivity index (χ3n) is 3.91. The predicted octanol–water partition coefficient (Wildman–Crippen LogP) is 4.57. The van der Waals surface area contributed by atoms with Crippen molar-refractivity contribution in [2.24, 2.45) is 0 Å². The van der Waals surface area contributed by atoms with Gasteiger partial charge in [-0.2, -0.15) is 0 Å². The Labute approximate surface area is 137 Å². The van der Waals surface area contributed by atoms with Gasteiger partial charge >= 0.3 is 0 Å². The molecule has 0 aliphatic heterocycles. The van der Waals surface area contributed by atoms with Gasteiger partial charge < -0.3 is 5.73 Å². The van der Waals surface area contributed by atoms with Crippen LogP contribution in [0.2, 0.25) is 0 Å². The molecule has 0 amide bonds. The summed E-state index contributed by atoms with van der Waals surface area (Å²) in [6, 6.07) is 17.3. The number of carbonyl (C=O) groups excluding carboxylic acids is 1. The van der Waals surface area contributed by atoms with E-state index in [9.17, 15) is 4.79 Å². The van der Waals surface area contributed by atoms with Gasteiger partial charge in [-0.05, 0) is 25.1 Å². The standard InChI is InChI=1S/C19H14N2OS/c1-11-7-8-15-13(9-11)10-14-16(20)18(23-19(14)21-15)17(22)12-5-3-2-4-6-12/h2-10H,20H2,1H3. The van der Waals surface area contributed by atoms with E-state index in [-0.39, 0.29) is 5.78 Å². The topological polar surface area (TPSA) is 56.0 Å². The van der Waals surface area contributed by atoms with E-state index in [2.05, 4.69) is 11.1 Å². The number of rotatable bonds is 2. The van der Waals surface area contributed by atoms with Crippen molar-refractivity contribution < 1.29 is 4.79 Å². The van der Waals surface area contributed by atoms with E-state index >= 15 is 0 Å². The van der Waals surface area contributed by atoms with E-state index in [4.69, 9.17) is 5.73 Å². The average Bonchev–Trinajstić information content (AvgIpc) is 2.89. The monoisotopic (exact) mass is 318 g/mol. The Morgan fingerprint density at radius 3 is 2.65 bits per heavy atom. The number of fused-ring (bicyclic) bond motifs is 2. The molecule has 0 spiro atoms. The summed E-state index contributed by atoms with van der Waals surface area (Å²) in [5.74, 6) is -0.0497. The minimum absolute atomic E-state index is 0.0497. The third-order valence-corrected chi connectivity index (χ3v) is 5.02. The Morgan fingerprint density at radius 2 is 1.87 bits per heavy atom. The number of anilines is 1. The van der Waals surface area contributed by atoms with E-state index in [1.54, 1.807) is 12.1 Å². The van der Waals surface area contributed by atoms with Crippen molar-refractivity contribution in [1.82, 2.24) is 4.98 Å². The molecule has 0 aliphatic rings. The van der Waals surface area contributed by atoms with Gasteiger partial charge in [-0.3, -0.25) is 4.79 Å². The summed E-state index contributed by atoms with van der Waals surface area (Å²) in [5, 5.41) is 1.90. The number of pyridine rings is 1. The molecule has 0 aliphatic carbocycles. The van der Waals surface area contributed by atoms with Crippen LogP contribution in [0.25, 0.3) is 21.1 Å². The van der Waals surface area contributed by atoms with Gasteiger partial charge in [0.15, 0.2) is 0 Å². The predicted molar refractivity (Wildman–Crippen MR) is 96.1 cm³/mol. The van der Waals surface area contributed by atoms with E-state index < -0.39 is 0 Å². The Kier molecular flexibility index (Phi) is 3.13. The molecule has 4 aromatic rings. The molecule has 23 heavy (non-hydrogen) atoms. The van der Waals surface area contributed by atoms with Gasteiger partial charge in [-0.1, -0.05) is 42.0 Å². The lowest BCUT2D eigenvalue weighted by atomic mass is 10.1. The molecule has 2 aromatic carbocycles. The fraction of sp³-hybridized carbons (Fsp3) is 0.0526. The molecular weight excluding hydrogens is 304 g/mol. The van der Waals surface area contributed by atoms with Crippen LogP contribution in [0.1, 0.15) is 20.8 Å². The first-order valence-corrected chi connectivity index (χ1v) is 8.14. The van der Waals surface area contributed by atoms with Gasteiger partial charge in [0.1, 0.15) is 9.71 Å². The number of thiophene rings is 1. The zero-order chi connectivity index (χ0) is 16.0. The number of aromatic nitrogens is 1. The molecule has 2 heterocycles. The molecule has 4 heteroatoms. The van der Waals surface area contributed by atoms with Gasteiger partial charge in [-0.25, -0.2) is 4.98 Å². The zero-order valence-electron chi connectivity index (χ0n) is 12.5. The lowest BCUT2D eigenvalue weighted by Gasteiger charge is -2.00. The molecule has 0 fully saturated rings. The minimum atomic E-state index is -0.0497. The molecule has 0 atom stereocenters. The number of hydrogen-bond donors (Lipinski definition) is 1. The van der Waals surface area contributed by atoms with Crippen molar-refractivity contribution in [3.8, 4) is 0 Å². The Morgan fingerprint density at radius 1 is 1.09 bits per heavy atom. The van der Waals surface area contributed by atoms with Crippen LogP contribution >= 0.6 is 11.3 Å². The molecule has 2 N–H and O–H groups in total. The van der Waals surface area contributed by atoms with Crippen LogP contribution in [-0.4, -0.2) is 10.8 Å². The van der Waals surface area contributed by atoms with Crippen molar-refractivity contribution in [2.45, 2.75) is 6.92 Å². The first-order valence-electron chi connectivity index (χ1n) is 7.32. The highest BCUT2D eigenvalue weighted by molar-refractivity contribution is 7.21. The molecule has 3 nitrogen and oxygen atoms in total. The smallest absolute Gasteiger partial charge is 0.205 e. The van der Waals surface area contributed by atoms with Gasteiger partial charge in [0.25, 0.3) is 0 Å². The summed E-state index contributed by atoms with van der Waals surface area (Å²) in [4.78, 5) is 18.7. The number of ketones is 1. The maximum absolute atomic E-state index is 12.7. The summed E-state index contributed by atoms with van der Waals surface area (Å²) < 4.78 is 0. The molecule has 2 aromatic heterocycles. The zero-order valence-corrected chi connectivity index (χ0v) is 13.4. The van der Waals surface area contributed by atoms with Crippen LogP contribution in [0.15, 0.2) is 54.6 Å². The number of nitrogens with two attached hydrogens (primary N) is 1. The maximum atomic E-state index is 12.7. The van der Waals surface area contributed by atoms with Crippen molar-refractivity contribution in [2.75, 3.05) is 5.73 Å². The summed E-state index contributed by atoms with van der Waals surface area (Å²) >= 11 is 1.36. The van der Waals surface area contributed by atoms with Crippen molar-refractivity contribution in [1.29, 1.82) is 0 Å². The highest BCUT2D eigenvalue weighted by atomic mass is 32.1. The Hall–Kier alpha value is -2.72. The second kappa shape index (κ2) is 5.18. The number of nitrogen functional groups attached to an aromatic ring is 1. The van der Waals surface area contributed by atoms with Gasteiger partial charge in [0.05, 0.1) is 11.2 Å². The maximum Gasteiger partial charge on any atom is 0.205 e. The van der Waals surface area contributed by atoms with E-state index in [0.717, 1.165) is 21.1 Å². The van der Waals surface area contributed by atoms with Crippen LogP contribution in [0.5, 0.6) is 0 Å². The number of carbonyl (C=O) groups is 1. The van der Waals surface area contributed by atoms with Gasteiger partial charge in [-0.15, -0.1) is 11.3 Å². The molecule has 0 radical (unpaired) electrons. The molecule has 0 saturated carbocycles. The first-order chi connectivity index (χ1) is 11.1. The quantitative estimate of drug-likeness (QED) is 0.551. The molecule has 112 valence electrons. The van der Waals surface area contributed by atoms with Crippen LogP contribution < -0.4 is 5.73 Å². The van der Waals surface area contributed by atoms with Crippen molar-refractivity contribution in [3.63, 3.8) is 0 Å². The van der Waals surface area contributed by atoms with Crippen LogP contribution in [0, 0.1) is 6.92 Å². The number of nitrogens with zero attached hydrogens (tertiary/aromatic N) is 1. The van der Waals surface area contributed by atoms with Crippen molar-refractivity contribution >= 4 is 43.9 Å². The lowest BCUT2D eigenvalue weighted by Crippen LogP contribution is -2.01. The summed E-state index contributed by atoms with van der Waals surface area (Å²) in [5.41, 5.74) is 9.52. The normalized spacial score (nSPS) is 11.2. The SMILES string of the molecule is Cc1ccc2nc3sc(C(=O)c4ccccc4)c(N)c3cc2c1. The number of aryl methyl sites for hydroxylation is 1. The highest BCUT2D eigenvalue weighted by Crippen LogP contribution is 2.35. The van der Waals surface area contributed by atoms with Gasteiger partial charge in [0.2, 0.25) is 5.78 Å². The van der Waals surface area contributed by atoms with Crippen LogP contribution in [0.3, 0.4) is 0 Å². The summed E-state index contributed by atoms with van der Waals surface area (Å²) in [6.45, 7) is 2.05. The van der Waals surface area contributed by atoms with E-state index in [1.165, 1.54) is 16.9 Å². The lowest BCUT2D eigenvalue weighted by molar-refractivity contribution is 0.104. The Bertz CT molecular complexity index is 1050. The molecule has 4 rings (SSSR count). The fourth-order valence-corrected chi connectivity index (χ4v) is 3.76. The van der Waals surface area contributed by atoms with Crippen LogP contribution in [-0.2, 0) is 0 Å². The average molecular weight is 318 g/mol. The number of hydrogen-bond acceptors (Lipinski definition) is 4. The molecular formula is C19H14N2OS. The van der Waals surface area contributed by atoms with E-state index in [1.807, 2.05) is 43.3 Å². The Balaban J connectivity index is 1.93. The second-order valence-corrected chi connectivity index (χ2v) is 6.58. The first kappa shape index (κ1) is 13.9. The largest absolute Gasteiger partial charge is 0.397 e. The minimum Gasteiger partial charge on any atom is -0.397 e. The van der Waals surface area contributed by atoms with Gasteiger partial charge in [0, 0.05) is 16.3 Å². The third kappa shape index (κ3) is 2.28. The summed E-state index contributed by atoms with van der Waals surface area (Å²) in [7, 11) is 0. The second-order valence-electron chi connectivity index (χ2n) is 5.58.